The number of halogens is 2. The largest absolute Gasteiger partial charge is 0.317 e. The zero-order chi connectivity index (χ0) is 14.1. The standard InChI is InChI=1S/C17H23F2N/c1-20-16(8-13-4-5-15(18)10-17(13)19)9-14-7-11-2-3-12(14)6-11/h4-5,10-12,14,16,20H,2-3,6-9H2,1H3. The monoisotopic (exact) mass is 279 g/mol. The van der Waals surface area contributed by atoms with Crippen molar-refractivity contribution in [2.24, 2.45) is 17.8 Å². The van der Waals surface area contributed by atoms with Gasteiger partial charge in [-0.2, -0.15) is 0 Å². The smallest absolute Gasteiger partial charge is 0.129 e. The van der Waals surface area contributed by atoms with Crippen LogP contribution in [0.5, 0.6) is 0 Å². The molecule has 0 aliphatic heterocycles. The van der Waals surface area contributed by atoms with Crippen LogP contribution in [0.4, 0.5) is 8.78 Å². The molecule has 0 spiro atoms. The van der Waals surface area contributed by atoms with Crippen LogP contribution in [0.25, 0.3) is 0 Å². The van der Waals surface area contributed by atoms with Crippen LogP contribution in [0.3, 0.4) is 0 Å². The number of nitrogens with one attached hydrogen (secondary N) is 1. The van der Waals surface area contributed by atoms with E-state index in [2.05, 4.69) is 5.32 Å². The molecule has 3 rings (SSSR count). The van der Waals surface area contributed by atoms with Crippen LogP contribution >= 0.6 is 0 Å². The van der Waals surface area contributed by atoms with Crippen LogP contribution in [0.15, 0.2) is 18.2 Å². The van der Waals surface area contributed by atoms with Gasteiger partial charge in [0.05, 0.1) is 0 Å². The van der Waals surface area contributed by atoms with E-state index in [0.29, 0.717) is 18.0 Å². The third-order valence-corrected chi connectivity index (χ3v) is 5.36. The Morgan fingerprint density at radius 2 is 2.10 bits per heavy atom. The fourth-order valence-electron chi connectivity index (χ4n) is 4.29. The van der Waals surface area contributed by atoms with Crippen molar-refractivity contribution in [3.8, 4) is 0 Å². The van der Waals surface area contributed by atoms with E-state index in [0.717, 1.165) is 30.2 Å². The van der Waals surface area contributed by atoms with E-state index in [1.807, 2.05) is 7.05 Å². The maximum Gasteiger partial charge on any atom is 0.129 e. The molecule has 3 heteroatoms. The van der Waals surface area contributed by atoms with Crippen molar-refractivity contribution in [3.63, 3.8) is 0 Å². The minimum Gasteiger partial charge on any atom is -0.317 e. The summed E-state index contributed by atoms with van der Waals surface area (Å²) in [6, 6.07) is 4.21. The van der Waals surface area contributed by atoms with Gasteiger partial charge in [-0.1, -0.05) is 12.5 Å². The second-order valence-corrected chi connectivity index (χ2v) is 6.60. The van der Waals surface area contributed by atoms with Gasteiger partial charge in [0.1, 0.15) is 11.6 Å². The van der Waals surface area contributed by atoms with E-state index >= 15 is 0 Å². The summed E-state index contributed by atoms with van der Waals surface area (Å²) >= 11 is 0. The van der Waals surface area contributed by atoms with Gasteiger partial charge < -0.3 is 5.32 Å². The minimum atomic E-state index is -0.500. The van der Waals surface area contributed by atoms with Crippen molar-refractivity contribution in [1.82, 2.24) is 5.32 Å². The van der Waals surface area contributed by atoms with Crippen LogP contribution in [0, 0.1) is 29.4 Å². The molecular weight excluding hydrogens is 256 g/mol. The van der Waals surface area contributed by atoms with Gasteiger partial charge in [0.15, 0.2) is 0 Å². The summed E-state index contributed by atoms with van der Waals surface area (Å²) in [5.74, 6) is 1.73. The molecule has 0 heterocycles. The number of benzene rings is 1. The van der Waals surface area contributed by atoms with Gasteiger partial charge in [-0.25, -0.2) is 8.78 Å². The van der Waals surface area contributed by atoms with Crippen molar-refractivity contribution >= 4 is 0 Å². The lowest BCUT2D eigenvalue weighted by atomic mass is 9.83. The highest BCUT2D eigenvalue weighted by Crippen LogP contribution is 2.49. The summed E-state index contributed by atoms with van der Waals surface area (Å²) in [4.78, 5) is 0. The van der Waals surface area contributed by atoms with Gasteiger partial charge in [-0.3, -0.25) is 0 Å². The van der Waals surface area contributed by atoms with Crippen LogP contribution < -0.4 is 5.32 Å². The van der Waals surface area contributed by atoms with Crippen LogP contribution in [-0.2, 0) is 6.42 Å². The second-order valence-electron chi connectivity index (χ2n) is 6.60. The van der Waals surface area contributed by atoms with Gasteiger partial charge in [0, 0.05) is 12.1 Å². The number of rotatable bonds is 5. The third kappa shape index (κ3) is 2.88. The first kappa shape index (κ1) is 14.0. The highest BCUT2D eigenvalue weighted by atomic mass is 19.1. The lowest BCUT2D eigenvalue weighted by Gasteiger charge is -2.26. The molecule has 2 bridgehead atoms. The van der Waals surface area contributed by atoms with Crippen molar-refractivity contribution in [2.45, 2.75) is 44.6 Å². The Morgan fingerprint density at radius 1 is 1.25 bits per heavy atom. The van der Waals surface area contributed by atoms with E-state index in [1.54, 1.807) is 6.07 Å². The van der Waals surface area contributed by atoms with Crippen molar-refractivity contribution in [1.29, 1.82) is 0 Å². The molecule has 2 saturated carbocycles. The molecule has 4 atom stereocenters. The van der Waals surface area contributed by atoms with Gasteiger partial charge in [-0.15, -0.1) is 0 Å². The van der Waals surface area contributed by atoms with Crippen LogP contribution in [0.1, 0.15) is 37.7 Å². The van der Waals surface area contributed by atoms with Gasteiger partial charge in [-0.05, 0) is 68.5 Å². The maximum atomic E-state index is 13.7. The predicted molar refractivity (Wildman–Crippen MR) is 76.5 cm³/mol. The van der Waals surface area contributed by atoms with Crippen molar-refractivity contribution in [3.05, 3.63) is 35.4 Å². The van der Waals surface area contributed by atoms with Gasteiger partial charge >= 0.3 is 0 Å². The van der Waals surface area contributed by atoms with E-state index in [9.17, 15) is 8.78 Å². The molecule has 20 heavy (non-hydrogen) atoms. The molecule has 110 valence electrons. The summed E-state index contributed by atoms with van der Waals surface area (Å²) in [5.41, 5.74) is 0.619. The van der Waals surface area contributed by atoms with E-state index in [1.165, 1.54) is 31.7 Å². The molecule has 2 aliphatic rings. The predicted octanol–water partition coefficient (Wildman–Crippen LogP) is 3.92. The highest BCUT2D eigenvalue weighted by molar-refractivity contribution is 5.19. The Morgan fingerprint density at radius 3 is 2.70 bits per heavy atom. The quantitative estimate of drug-likeness (QED) is 0.861. The lowest BCUT2D eigenvalue weighted by molar-refractivity contribution is 0.281. The summed E-state index contributed by atoms with van der Waals surface area (Å²) in [7, 11) is 1.94. The Labute approximate surface area is 119 Å². The molecule has 1 aromatic carbocycles. The average Bonchev–Trinajstić information content (AvgIpc) is 3.03. The first-order chi connectivity index (χ1) is 9.65. The van der Waals surface area contributed by atoms with E-state index in [4.69, 9.17) is 0 Å². The van der Waals surface area contributed by atoms with Crippen LogP contribution in [0.2, 0.25) is 0 Å². The summed E-state index contributed by atoms with van der Waals surface area (Å²) in [6.07, 6.45) is 7.33. The molecule has 4 unspecified atom stereocenters. The second kappa shape index (κ2) is 5.80. The minimum absolute atomic E-state index is 0.291. The zero-order valence-electron chi connectivity index (χ0n) is 12.0. The normalized spacial score (nSPS) is 29.9. The number of likely N-dealkylation sites (N-methyl/N-ethyl adjacent to an activating group) is 1. The van der Waals surface area contributed by atoms with Crippen molar-refractivity contribution < 1.29 is 8.78 Å². The number of hydrogen-bond donors (Lipinski definition) is 1. The Balaban J connectivity index is 1.62. The molecule has 0 radical (unpaired) electrons. The Hall–Kier alpha value is -0.960. The van der Waals surface area contributed by atoms with Crippen LogP contribution in [-0.4, -0.2) is 13.1 Å². The molecule has 1 N–H and O–H groups in total. The topological polar surface area (TPSA) is 12.0 Å². The highest BCUT2D eigenvalue weighted by Gasteiger charge is 2.39. The molecule has 0 saturated heterocycles. The van der Waals surface area contributed by atoms with Gasteiger partial charge in [0.25, 0.3) is 0 Å². The fourth-order valence-corrected chi connectivity index (χ4v) is 4.29. The molecule has 0 amide bonds. The summed E-state index contributed by atoms with van der Waals surface area (Å²) in [5, 5.41) is 3.32. The first-order valence-corrected chi connectivity index (χ1v) is 7.77. The summed E-state index contributed by atoms with van der Waals surface area (Å²) in [6.45, 7) is 0. The van der Waals surface area contributed by atoms with Gasteiger partial charge in [0.2, 0.25) is 0 Å². The molecule has 2 fully saturated rings. The molecule has 2 aliphatic carbocycles. The SMILES string of the molecule is CNC(Cc1ccc(F)cc1F)CC1CC2CCC1C2. The number of hydrogen-bond acceptors (Lipinski definition) is 1. The fraction of sp³-hybridized carbons (Fsp3) is 0.647. The Bertz CT molecular complexity index is 474. The molecule has 1 nitrogen and oxygen atoms in total. The zero-order valence-corrected chi connectivity index (χ0v) is 12.0. The molecule has 0 aromatic heterocycles. The maximum absolute atomic E-state index is 13.7. The first-order valence-electron chi connectivity index (χ1n) is 7.77. The molecule has 1 aromatic rings. The molecular formula is C17H23F2N. The van der Waals surface area contributed by atoms with E-state index in [-0.39, 0.29) is 0 Å². The van der Waals surface area contributed by atoms with E-state index < -0.39 is 11.6 Å². The average molecular weight is 279 g/mol. The summed E-state index contributed by atoms with van der Waals surface area (Å²) < 4.78 is 26.7. The third-order valence-electron chi connectivity index (χ3n) is 5.36. The number of fused-ring (bicyclic) bond motifs is 2. The van der Waals surface area contributed by atoms with Crippen molar-refractivity contribution in [2.75, 3.05) is 7.05 Å². The Kier molecular flexibility index (Phi) is 4.06. The lowest BCUT2D eigenvalue weighted by Crippen LogP contribution is -2.31.